The Kier molecular flexibility index (Phi) is 4.20. The standard InChI is InChI=1S/C12H9Br2N5O2/c1-21-6-2-5(13)8(14)7(10(6)20)9-4(3-15)11(16)19-12(17)18-9/h2,20H,1H3,(H4,16,17,18,19). The number of hydrogen-bond acceptors (Lipinski definition) is 7. The lowest BCUT2D eigenvalue weighted by molar-refractivity contribution is 0.374. The highest BCUT2D eigenvalue weighted by atomic mass is 79.9. The summed E-state index contributed by atoms with van der Waals surface area (Å²) in [6.07, 6.45) is 0. The van der Waals surface area contributed by atoms with Crippen LogP contribution in [0.15, 0.2) is 15.0 Å². The van der Waals surface area contributed by atoms with E-state index >= 15 is 0 Å². The van der Waals surface area contributed by atoms with Gasteiger partial charge < -0.3 is 21.3 Å². The molecule has 0 fully saturated rings. The van der Waals surface area contributed by atoms with Crippen LogP contribution in [0, 0.1) is 11.3 Å². The SMILES string of the molecule is COc1cc(Br)c(Br)c(-c2nc(N)nc(N)c2C#N)c1O. The molecule has 108 valence electrons. The van der Waals surface area contributed by atoms with E-state index in [1.807, 2.05) is 6.07 Å². The summed E-state index contributed by atoms with van der Waals surface area (Å²) in [4.78, 5) is 7.75. The molecule has 1 aromatic heterocycles. The summed E-state index contributed by atoms with van der Waals surface area (Å²) in [7, 11) is 1.41. The van der Waals surface area contributed by atoms with Crippen molar-refractivity contribution in [2.75, 3.05) is 18.6 Å². The molecule has 5 N–H and O–H groups in total. The molecule has 0 bridgehead atoms. The summed E-state index contributed by atoms with van der Waals surface area (Å²) in [5.74, 6) is -0.154. The van der Waals surface area contributed by atoms with Gasteiger partial charge >= 0.3 is 0 Å². The summed E-state index contributed by atoms with van der Waals surface area (Å²) < 4.78 is 6.17. The minimum atomic E-state index is -0.193. The molecule has 2 aromatic rings. The van der Waals surface area contributed by atoms with Gasteiger partial charge in [-0.1, -0.05) is 0 Å². The summed E-state index contributed by atoms with van der Waals surface area (Å²) in [6.45, 7) is 0. The third-order valence-electron chi connectivity index (χ3n) is 2.68. The molecule has 0 aliphatic carbocycles. The third kappa shape index (κ3) is 2.59. The maximum absolute atomic E-state index is 10.3. The minimum Gasteiger partial charge on any atom is -0.504 e. The van der Waals surface area contributed by atoms with Crippen LogP contribution in [0.25, 0.3) is 11.3 Å². The number of rotatable bonds is 2. The molecule has 7 nitrogen and oxygen atoms in total. The van der Waals surface area contributed by atoms with Crippen LogP contribution in [0.3, 0.4) is 0 Å². The second-order valence-electron chi connectivity index (χ2n) is 3.90. The zero-order valence-electron chi connectivity index (χ0n) is 10.7. The predicted octanol–water partition coefficient (Wildman–Crippen LogP) is 2.42. The van der Waals surface area contributed by atoms with Crippen molar-refractivity contribution in [2.45, 2.75) is 0 Å². The molecule has 0 atom stereocenters. The fourth-order valence-corrected chi connectivity index (χ4v) is 2.65. The van der Waals surface area contributed by atoms with Crippen LogP contribution in [0.4, 0.5) is 11.8 Å². The number of ether oxygens (including phenoxy) is 1. The average molecular weight is 415 g/mol. The van der Waals surface area contributed by atoms with Crippen LogP contribution in [-0.4, -0.2) is 22.2 Å². The second-order valence-corrected chi connectivity index (χ2v) is 5.55. The van der Waals surface area contributed by atoms with E-state index < -0.39 is 0 Å². The van der Waals surface area contributed by atoms with Crippen molar-refractivity contribution in [1.29, 1.82) is 5.26 Å². The zero-order valence-corrected chi connectivity index (χ0v) is 13.9. The van der Waals surface area contributed by atoms with E-state index in [1.165, 1.54) is 7.11 Å². The molecular formula is C12H9Br2N5O2. The van der Waals surface area contributed by atoms with E-state index in [0.29, 0.717) is 8.95 Å². The monoisotopic (exact) mass is 413 g/mol. The molecule has 0 unspecified atom stereocenters. The number of benzene rings is 1. The molecule has 0 saturated heterocycles. The van der Waals surface area contributed by atoms with E-state index in [-0.39, 0.29) is 40.1 Å². The van der Waals surface area contributed by atoms with Gasteiger partial charge in [0.15, 0.2) is 11.5 Å². The number of phenols is 1. The predicted molar refractivity (Wildman–Crippen MR) is 84.6 cm³/mol. The summed E-state index contributed by atoms with van der Waals surface area (Å²) in [5, 5.41) is 19.6. The fraction of sp³-hybridized carbons (Fsp3) is 0.0833. The molecule has 9 heteroatoms. The van der Waals surface area contributed by atoms with Crippen LogP contribution >= 0.6 is 31.9 Å². The first-order chi connectivity index (χ1) is 9.90. The third-order valence-corrected chi connectivity index (χ3v) is 4.66. The second kappa shape index (κ2) is 5.75. The fourth-order valence-electron chi connectivity index (χ4n) is 1.75. The normalized spacial score (nSPS) is 10.2. The molecule has 0 aliphatic rings. The largest absolute Gasteiger partial charge is 0.504 e. The smallest absolute Gasteiger partial charge is 0.222 e. The van der Waals surface area contributed by atoms with E-state index in [9.17, 15) is 10.4 Å². The quantitative estimate of drug-likeness (QED) is 0.687. The van der Waals surface area contributed by atoms with E-state index in [0.717, 1.165) is 0 Å². The lowest BCUT2D eigenvalue weighted by atomic mass is 10.1. The van der Waals surface area contributed by atoms with Crippen molar-refractivity contribution < 1.29 is 9.84 Å². The maximum Gasteiger partial charge on any atom is 0.222 e. The first-order valence-corrected chi connectivity index (χ1v) is 7.07. The van der Waals surface area contributed by atoms with Crippen LogP contribution in [-0.2, 0) is 0 Å². The van der Waals surface area contributed by atoms with Crippen molar-refractivity contribution >= 4 is 43.6 Å². The number of aromatic nitrogens is 2. The Morgan fingerprint density at radius 1 is 1.33 bits per heavy atom. The number of hydrogen-bond donors (Lipinski definition) is 3. The topological polar surface area (TPSA) is 131 Å². The van der Waals surface area contributed by atoms with Crippen LogP contribution in [0.2, 0.25) is 0 Å². The minimum absolute atomic E-state index is 0.0142. The lowest BCUT2D eigenvalue weighted by Crippen LogP contribution is -2.05. The summed E-state index contributed by atoms with van der Waals surface area (Å²) in [6, 6.07) is 3.48. The van der Waals surface area contributed by atoms with Crippen molar-refractivity contribution in [3.63, 3.8) is 0 Å². The zero-order chi connectivity index (χ0) is 15.7. The molecule has 0 aliphatic heterocycles. The number of nitrogens with two attached hydrogens (primary N) is 2. The van der Waals surface area contributed by atoms with Crippen LogP contribution < -0.4 is 16.2 Å². The molecule has 0 spiro atoms. The number of nitriles is 1. The molecule has 1 aromatic carbocycles. The van der Waals surface area contributed by atoms with E-state index in [1.54, 1.807) is 6.07 Å². The molecule has 0 saturated carbocycles. The number of nitrogens with zero attached hydrogens (tertiary/aromatic N) is 3. The van der Waals surface area contributed by atoms with Gasteiger partial charge in [0.2, 0.25) is 5.95 Å². The summed E-state index contributed by atoms with van der Waals surface area (Å²) >= 11 is 6.66. The Hall–Kier alpha value is -2.05. The number of halogens is 2. The van der Waals surface area contributed by atoms with Gasteiger partial charge in [-0.15, -0.1) is 0 Å². The van der Waals surface area contributed by atoms with Crippen molar-refractivity contribution in [2.24, 2.45) is 0 Å². The van der Waals surface area contributed by atoms with Gasteiger partial charge in [0.25, 0.3) is 0 Å². The number of methoxy groups -OCH3 is 1. The van der Waals surface area contributed by atoms with Gasteiger partial charge in [-0.2, -0.15) is 10.2 Å². The molecule has 0 amide bonds. The van der Waals surface area contributed by atoms with Crippen molar-refractivity contribution in [3.05, 3.63) is 20.6 Å². The van der Waals surface area contributed by atoms with Gasteiger partial charge in [-0.05, 0) is 37.9 Å². The Labute approximate surface area is 136 Å². The van der Waals surface area contributed by atoms with Gasteiger partial charge in [0.05, 0.1) is 12.7 Å². The molecular weight excluding hydrogens is 406 g/mol. The number of anilines is 2. The van der Waals surface area contributed by atoms with Gasteiger partial charge in [-0.3, -0.25) is 0 Å². The Morgan fingerprint density at radius 3 is 2.57 bits per heavy atom. The number of phenolic OH excluding ortho intramolecular Hbond substituents is 1. The lowest BCUT2D eigenvalue weighted by Gasteiger charge is -2.14. The summed E-state index contributed by atoms with van der Waals surface area (Å²) in [5.41, 5.74) is 11.6. The van der Waals surface area contributed by atoms with E-state index in [4.69, 9.17) is 16.2 Å². The van der Waals surface area contributed by atoms with Crippen LogP contribution in [0.1, 0.15) is 5.56 Å². The Balaban J connectivity index is 2.92. The first kappa shape index (κ1) is 15.3. The molecule has 21 heavy (non-hydrogen) atoms. The van der Waals surface area contributed by atoms with Crippen molar-refractivity contribution in [3.8, 4) is 28.8 Å². The number of nitrogen functional groups attached to an aromatic ring is 2. The highest BCUT2D eigenvalue weighted by Crippen LogP contribution is 2.46. The molecule has 2 rings (SSSR count). The van der Waals surface area contributed by atoms with E-state index in [2.05, 4.69) is 41.8 Å². The van der Waals surface area contributed by atoms with Gasteiger partial charge in [-0.25, -0.2) is 4.98 Å². The van der Waals surface area contributed by atoms with Gasteiger partial charge in [0, 0.05) is 8.95 Å². The Morgan fingerprint density at radius 2 is 2.00 bits per heavy atom. The first-order valence-electron chi connectivity index (χ1n) is 5.49. The molecule has 0 radical (unpaired) electrons. The van der Waals surface area contributed by atoms with Gasteiger partial charge in [0.1, 0.15) is 23.1 Å². The van der Waals surface area contributed by atoms with Crippen LogP contribution in [0.5, 0.6) is 11.5 Å². The highest BCUT2D eigenvalue weighted by Gasteiger charge is 2.23. The maximum atomic E-state index is 10.3. The molecule has 1 heterocycles. The number of aromatic hydroxyl groups is 1. The average Bonchev–Trinajstić information content (AvgIpc) is 2.42. The Bertz CT molecular complexity index is 773. The highest BCUT2D eigenvalue weighted by molar-refractivity contribution is 9.13. The van der Waals surface area contributed by atoms with Crippen molar-refractivity contribution in [1.82, 2.24) is 9.97 Å².